The van der Waals surface area contributed by atoms with Crippen molar-refractivity contribution < 1.29 is 4.74 Å². The van der Waals surface area contributed by atoms with E-state index in [-0.39, 0.29) is 5.41 Å². The van der Waals surface area contributed by atoms with E-state index in [0.717, 1.165) is 12.0 Å². The third kappa shape index (κ3) is 4.17. The SMILES string of the molecule is Cc1ccc(Cl)c(OCCC(C)(C)C(N)=S)c1. The summed E-state index contributed by atoms with van der Waals surface area (Å²) < 4.78 is 5.66. The van der Waals surface area contributed by atoms with Crippen molar-refractivity contribution in [3.05, 3.63) is 28.8 Å². The molecule has 0 spiro atoms. The van der Waals surface area contributed by atoms with Crippen LogP contribution in [0.15, 0.2) is 18.2 Å². The summed E-state index contributed by atoms with van der Waals surface area (Å²) in [6.45, 7) is 6.57. The fourth-order valence-electron chi connectivity index (χ4n) is 1.26. The topological polar surface area (TPSA) is 35.2 Å². The van der Waals surface area contributed by atoms with Gasteiger partial charge in [-0.25, -0.2) is 0 Å². The molecule has 0 heterocycles. The molecule has 17 heavy (non-hydrogen) atoms. The van der Waals surface area contributed by atoms with Crippen LogP contribution in [-0.2, 0) is 0 Å². The summed E-state index contributed by atoms with van der Waals surface area (Å²) in [7, 11) is 0. The van der Waals surface area contributed by atoms with Crippen molar-refractivity contribution in [3.63, 3.8) is 0 Å². The third-order valence-electron chi connectivity index (χ3n) is 2.74. The molecule has 0 amide bonds. The quantitative estimate of drug-likeness (QED) is 0.829. The van der Waals surface area contributed by atoms with Gasteiger partial charge in [0.15, 0.2) is 0 Å². The van der Waals surface area contributed by atoms with Gasteiger partial charge in [0, 0.05) is 5.41 Å². The van der Waals surface area contributed by atoms with Crippen LogP contribution in [0.4, 0.5) is 0 Å². The van der Waals surface area contributed by atoms with Crippen molar-refractivity contribution in [1.29, 1.82) is 0 Å². The average molecular weight is 272 g/mol. The Balaban J connectivity index is 2.57. The first-order chi connectivity index (χ1) is 7.83. The second-order valence-electron chi connectivity index (χ2n) is 4.78. The Bertz CT molecular complexity index is 418. The Labute approximate surface area is 113 Å². The van der Waals surface area contributed by atoms with Gasteiger partial charge < -0.3 is 10.5 Å². The molecule has 1 rings (SSSR count). The van der Waals surface area contributed by atoms with Gasteiger partial charge >= 0.3 is 0 Å². The van der Waals surface area contributed by atoms with Crippen LogP contribution in [-0.4, -0.2) is 11.6 Å². The summed E-state index contributed by atoms with van der Waals surface area (Å²) in [6.07, 6.45) is 0.770. The van der Waals surface area contributed by atoms with E-state index in [1.54, 1.807) is 0 Å². The van der Waals surface area contributed by atoms with E-state index in [2.05, 4.69) is 0 Å². The Morgan fingerprint density at radius 3 is 2.71 bits per heavy atom. The molecule has 0 fully saturated rings. The molecule has 0 aromatic heterocycles. The predicted octanol–water partition coefficient (Wildman–Crippen LogP) is 3.73. The van der Waals surface area contributed by atoms with E-state index in [0.29, 0.717) is 22.4 Å². The van der Waals surface area contributed by atoms with E-state index in [1.807, 2.05) is 39.0 Å². The van der Waals surface area contributed by atoms with Crippen molar-refractivity contribution >= 4 is 28.8 Å². The van der Waals surface area contributed by atoms with Gasteiger partial charge in [0.05, 0.1) is 16.6 Å². The average Bonchev–Trinajstić information content (AvgIpc) is 2.22. The van der Waals surface area contributed by atoms with Crippen LogP contribution in [0.2, 0.25) is 5.02 Å². The Morgan fingerprint density at radius 1 is 1.47 bits per heavy atom. The van der Waals surface area contributed by atoms with Gasteiger partial charge in [-0.3, -0.25) is 0 Å². The summed E-state index contributed by atoms with van der Waals surface area (Å²) in [4.78, 5) is 0.511. The molecule has 0 aliphatic carbocycles. The van der Waals surface area contributed by atoms with Crippen molar-refractivity contribution in [1.82, 2.24) is 0 Å². The predicted molar refractivity (Wildman–Crippen MR) is 76.9 cm³/mol. The molecule has 94 valence electrons. The summed E-state index contributed by atoms with van der Waals surface area (Å²) in [6, 6.07) is 5.72. The van der Waals surface area contributed by atoms with E-state index < -0.39 is 0 Å². The zero-order valence-electron chi connectivity index (χ0n) is 10.4. The Hall–Kier alpha value is -0.800. The number of aryl methyl sites for hydroxylation is 1. The zero-order valence-corrected chi connectivity index (χ0v) is 12.0. The van der Waals surface area contributed by atoms with Gasteiger partial charge in [-0.05, 0) is 31.0 Å². The fourth-order valence-corrected chi connectivity index (χ4v) is 1.53. The monoisotopic (exact) mass is 271 g/mol. The van der Waals surface area contributed by atoms with Gasteiger partial charge in [-0.1, -0.05) is 43.7 Å². The van der Waals surface area contributed by atoms with Gasteiger partial charge in [0.25, 0.3) is 0 Å². The lowest BCUT2D eigenvalue weighted by molar-refractivity contribution is 0.270. The maximum atomic E-state index is 6.03. The second-order valence-corrected chi connectivity index (χ2v) is 5.63. The highest BCUT2D eigenvalue weighted by Crippen LogP contribution is 2.27. The highest BCUT2D eigenvalue weighted by Gasteiger charge is 2.21. The lowest BCUT2D eigenvalue weighted by Gasteiger charge is -2.23. The number of nitrogens with two attached hydrogens (primary N) is 1. The molecule has 0 saturated heterocycles. The van der Waals surface area contributed by atoms with E-state index in [4.69, 9.17) is 34.3 Å². The highest BCUT2D eigenvalue weighted by molar-refractivity contribution is 7.80. The van der Waals surface area contributed by atoms with Crippen LogP contribution in [0.3, 0.4) is 0 Å². The van der Waals surface area contributed by atoms with E-state index in [9.17, 15) is 0 Å². The third-order valence-corrected chi connectivity index (χ3v) is 3.60. The van der Waals surface area contributed by atoms with Gasteiger partial charge in [-0.15, -0.1) is 0 Å². The van der Waals surface area contributed by atoms with Crippen LogP contribution in [0.1, 0.15) is 25.8 Å². The van der Waals surface area contributed by atoms with Crippen LogP contribution < -0.4 is 10.5 Å². The van der Waals surface area contributed by atoms with Crippen molar-refractivity contribution in [2.45, 2.75) is 27.2 Å². The van der Waals surface area contributed by atoms with Crippen LogP contribution in [0.5, 0.6) is 5.75 Å². The Kier molecular flexibility index (Phi) is 4.78. The van der Waals surface area contributed by atoms with Crippen LogP contribution in [0, 0.1) is 12.3 Å². The molecule has 0 atom stereocenters. The van der Waals surface area contributed by atoms with Crippen LogP contribution in [0.25, 0.3) is 0 Å². The summed E-state index contributed by atoms with van der Waals surface area (Å²) in [5, 5.41) is 0.628. The fraction of sp³-hybridized carbons (Fsp3) is 0.462. The highest BCUT2D eigenvalue weighted by atomic mass is 35.5. The standard InChI is InChI=1S/C13H18ClNOS/c1-9-4-5-10(14)11(8-9)16-7-6-13(2,3)12(15)17/h4-5,8H,6-7H2,1-3H3,(H2,15,17). The summed E-state index contributed by atoms with van der Waals surface area (Å²) in [5.74, 6) is 0.713. The molecule has 1 aromatic carbocycles. The molecular weight excluding hydrogens is 254 g/mol. The molecule has 0 aliphatic rings. The first-order valence-corrected chi connectivity index (χ1v) is 6.30. The molecule has 0 saturated carbocycles. The number of halogens is 1. The van der Waals surface area contributed by atoms with Crippen molar-refractivity contribution in [2.75, 3.05) is 6.61 Å². The number of ether oxygens (including phenoxy) is 1. The molecule has 4 heteroatoms. The normalized spacial score (nSPS) is 11.3. The zero-order chi connectivity index (χ0) is 13.1. The molecule has 0 bridgehead atoms. The van der Waals surface area contributed by atoms with Gasteiger partial charge in [0.1, 0.15) is 5.75 Å². The molecule has 0 aliphatic heterocycles. The first kappa shape index (κ1) is 14.3. The molecule has 0 unspecified atom stereocenters. The number of benzene rings is 1. The number of hydrogen-bond donors (Lipinski definition) is 1. The Morgan fingerprint density at radius 2 is 2.12 bits per heavy atom. The van der Waals surface area contributed by atoms with E-state index in [1.165, 1.54) is 0 Å². The molecule has 2 N–H and O–H groups in total. The maximum Gasteiger partial charge on any atom is 0.138 e. The smallest absolute Gasteiger partial charge is 0.138 e. The number of hydrogen-bond acceptors (Lipinski definition) is 2. The van der Waals surface area contributed by atoms with Crippen molar-refractivity contribution in [2.24, 2.45) is 11.1 Å². The molecular formula is C13H18ClNOS. The van der Waals surface area contributed by atoms with Gasteiger partial charge in [0.2, 0.25) is 0 Å². The minimum absolute atomic E-state index is 0.189. The second kappa shape index (κ2) is 5.69. The number of rotatable bonds is 5. The molecule has 1 aromatic rings. The molecule has 0 radical (unpaired) electrons. The van der Waals surface area contributed by atoms with Crippen LogP contribution >= 0.6 is 23.8 Å². The van der Waals surface area contributed by atoms with Gasteiger partial charge in [-0.2, -0.15) is 0 Å². The molecule has 2 nitrogen and oxygen atoms in total. The minimum atomic E-state index is -0.189. The lowest BCUT2D eigenvalue weighted by Crippen LogP contribution is -2.31. The van der Waals surface area contributed by atoms with Crippen molar-refractivity contribution in [3.8, 4) is 5.75 Å². The number of thiocarbonyl (C=S) groups is 1. The first-order valence-electron chi connectivity index (χ1n) is 5.52. The van der Waals surface area contributed by atoms with E-state index >= 15 is 0 Å². The summed E-state index contributed by atoms with van der Waals surface area (Å²) in [5.41, 5.74) is 6.59. The maximum absolute atomic E-state index is 6.03. The largest absolute Gasteiger partial charge is 0.492 e. The summed E-state index contributed by atoms with van der Waals surface area (Å²) >= 11 is 11.0. The minimum Gasteiger partial charge on any atom is -0.492 e. The lowest BCUT2D eigenvalue weighted by atomic mass is 9.90.